The van der Waals surface area contributed by atoms with E-state index < -0.39 is 0 Å². The molecule has 2 aromatic rings. The third kappa shape index (κ3) is 2.97. The van der Waals surface area contributed by atoms with Crippen molar-refractivity contribution in [2.75, 3.05) is 0 Å². The highest BCUT2D eigenvalue weighted by Crippen LogP contribution is 2.35. The summed E-state index contributed by atoms with van der Waals surface area (Å²) in [5.41, 5.74) is 3.13. The molecule has 1 aromatic carbocycles. The summed E-state index contributed by atoms with van der Waals surface area (Å²) in [5, 5.41) is 1.62. The molecule has 0 spiro atoms. The average Bonchev–Trinajstić information content (AvgIpc) is 2.81. The molecule has 22 heavy (non-hydrogen) atoms. The van der Waals surface area contributed by atoms with Crippen molar-refractivity contribution in [1.29, 1.82) is 0 Å². The first-order valence-electron chi connectivity index (χ1n) is 7.52. The van der Waals surface area contributed by atoms with Crippen LogP contribution in [0, 0.1) is 6.92 Å². The zero-order chi connectivity index (χ0) is 15.9. The van der Waals surface area contributed by atoms with Gasteiger partial charge in [0.1, 0.15) is 0 Å². The SMILES string of the molecule is Cc1ccc(-n2c(SC(C)C)nc3c(c2=O)SC(C)C3)cc1. The zero-order valence-electron chi connectivity index (χ0n) is 13.3. The predicted molar refractivity (Wildman–Crippen MR) is 94.6 cm³/mol. The Morgan fingerprint density at radius 1 is 1.32 bits per heavy atom. The van der Waals surface area contributed by atoms with Crippen molar-refractivity contribution < 1.29 is 0 Å². The third-order valence-corrected chi connectivity index (χ3v) is 5.69. The molecule has 1 aliphatic rings. The Morgan fingerprint density at radius 3 is 2.64 bits per heavy atom. The van der Waals surface area contributed by atoms with Gasteiger partial charge in [-0.2, -0.15) is 0 Å². The lowest BCUT2D eigenvalue weighted by Gasteiger charge is -2.15. The van der Waals surface area contributed by atoms with Crippen LogP contribution in [0.4, 0.5) is 0 Å². The molecule has 3 rings (SSSR count). The van der Waals surface area contributed by atoms with E-state index in [4.69, 9.17) is 4.98 Å². The van der Waals surface area contributed by atoms with Gasteiger partial charge in [-0.1, -0.05) is 50.2 Å². The quantitative estimate of drug-likeness (QED) is 0.627. The van der Waals surface area contributed by atoms with Crippen LogP contribution < -0.4 is 5.56 Å². The van der Waals surface area contributed by atoms with Crippen molar-refractivity contribution in [2.24, 2.45) is 0 Å². The molecule has 0 amide bonds. The fraction of sp³-hybridized carbons (Fsp3) is 0.412. The Labute approximate surface area is 139 Å². The number of benzene rings is 1. The average molecular weight is 332 g/mol. The van der Waals surface area contributed by atoms with Crippen LogP contribution in [0.3, 0.4) is 0 Å². The van der Waals surface area contributed by atoms with Gasteiger partial charge >= 0.3 is 0 Å². The second-order valence-electron chi connectivity index (χ2n) is 5.95. The second-order valence-corrected chi connectivity index (χ2v) is 8.94. The Hall–Kier alpha value is -1.20. The summed E-state index contributed by atoms with van der Waals surface area (Å²) in [6, 6.07) is 8.07. The fourth-order valence-corrected chi connectivity index (χ4v) is 4.49. The number of fused-ring (bicyclic) bond motifs is 1. The minimum Gasteiger partial charge on any atom is -0.268 e. The molecule has 1 unspecified atom stereocenters. The van der Waals surface area contributed by atoms with Crippen molar-refractivity contribution in [1.82, 2.24) is 9.55 Å². The standard InChI is InChI=1S/C17H20N2OS2/c1-10(2)21-17-18-14-9-12(4)22-15(14)16(20)19(17)13-7-5-11(3)6-8-13/h5-8,10,12H,9H2,1-4H3. The number of rotatable bonds is 3. The van der Waals surface area contributed by atoms with Crippen LogP contribution >= 0.6 is 23.5 Å². The molecular weight excluding hydrogens is 312 g/mol. The smallest absolute Gasteiger partial charge is 0.268 e. The van der Waals surface area contributed by atoms with E-state index in [1.807, 2.05) is 24.3 Å². The number of nitrogens with zero attached hydrogens (tertiary/aromatic N) is 2. The molecule has 0 N–H and O–H groups in total. The highest BCUT2D eigenvalue weighted by Gasteiger charge is 2.27. The highest BCUT2D eigenvalue weighted by atomic mass is 32.2. The summed E-state index contributed by atoms with van der Waals surface area (Å²) in [4.78, 5) is 18.6. The highest BCUT2D eigenvalue weighted by molar-refractivity contribution is 8.00. The number of hydrogen-bond donors (Lipinski definition) is 0. The van der Waals surface area contributed by atoms with Gasteiger partial charge in [0.2, 0.25) is 0 Å². The number of aryl methyl sites for hydroxylation is 1. The molecule has 0 saturated carbocycles. The van der Waals surface area contributed by atoms with Gasteiger partial charge in [-0.05, 0) is 19.1 Å². The second kappa shape index (κ2) is 6.13. The first kappa shape index (κ1) is 15.7. The Balaban J connectivity index is 2.20. The lowest BCUT2D eigenvalue weighted by molar-refractivity contribution is 0.729. The van der Waals surface area contributed by atoms with Crippen LogP contribution in [-0.2, 0) is 6.42 Å². The summed E-state index contributed by atoms with van der Waals surface area (Å²) in [7, 11) is 0. The molecule has 0 aliphatic carbocycles. The van der Waals surface area contributed by atoms with E-state index in [0.717, 1.165) is 27.9 Å². The molecule has 0 fully saturated rings. The van der Waals surface area contributed by atoms with Crippen LogP contribution in [0.25, 0.3) is 5.69 Å². The molecule has 1 aliphatic heterocycles. The summed E-state index contributed by atoms with van der Waals surface area (Å²) in [6.07, 6.45) is 0.885. The normalized spacial score (nSPS) is 17.0. The van der Waals surface area contributed by atoms with Gasteiger partial charge in [0.05, 0.1) is 16.3 Å². The van der Waals surface area contributed by atoms with Gasteiger partial charge in [-0.25, -0.2) is 4.98 Å². The lowest BCUT2D eigenvalue weighted by atomic mass is 10.2. The van der Waals surface area contributed by atoms with E-state index in [-0.39, 0.29) is 5.56 Å². The molecule has 0 radical (unpaired) electrons. The van der Waals surface area contributed by atoms with Crippen molar-refractivity contribution in [3.8, 4) is 5.69 Å². The maximum Gasteiger partial charge on any atom is 0.272 e. The Kier molecular flexibility index (Phi) is 4.37. The van der Waals surface area contributed by atoms with E-state index in [2.05, 4.69) is 27.7 Å². The van der Waals surface area contributed by atoms with Crippen molar-refractivity contribution in [2.45, 2.75) is 54.7 Å². The summed E-state index contributed by atoms with van der Waals surface area (Å²) in [6.45, 7) is 8.45. The molecule has 5 heteroatoms. The Bertz CT molecular complexity index is 750. The maximum absolute atomic E-state index is 13.0. The van der Waals surface area contributed by atoms with Crippen LogP contribution in [0.5, 0.6) is 0 Å². The van der Waals surface area contributed by atoms with Crippen molar-refractivity contribution in [3.63, 3.8) is 0 Å². The summed E-state index contributed by atoms with van der Waals surface area (Å²) in [5.74, 6) is 0. The molecule has 1 atom stereocenters. The first-order valence-corrected chi connectivity index (χ1v) is 9.28. The summed E-state index contributed by atoms with van der Waals surface area (Å²) >= 11 is 3.30. The monoisotopic (exact) mass is 332 g/mol. The Morgan fingerprint density at radius 2 is 2.00 bits per heavy atom. The van der Waals surface area contributed by atoms with Gasteiger partial charge in [-0.3, -0.25) is 9.36 Å². The van der Waals surface area contributed by atoms with Gasteiger partial charge < -0.3 is 0 Å². The van der Waals surface area contributed by atoms with Gasteiger partial charge in [0, 0.05) is 16.9 Å². The van der Waals surface area contributed by atoms with E-state index >= 15 is 0 Å². The van der Waals surface area contributed by atoms with Crippen LogP contribution in [0.1, 0.15) is 32.0 Å². The fourth-order valence-electron chi connectivity index (χ4n) is 2.51. The molecular formula is C17H20N2OS2. The zero-order valence-corrected chi connectivity index (χ0v) is 14.9. The number of aromatic nitrogens is 2. The van der Waals surface area contributed by atoms with Gasteiger partial charge in [-0.15, -0.1) is 11.8 Å². The topological polar surface area (TPSA) is 34.9 Å². The molecule has 3 nitrogen and oxygen atoms in total. The molecule has 0 bridgehead atoms. The van der Waals surface area contributed by atoms with E-state index in [0.29, 0.717) is 10.5 Å². The number of thioether (sulfide) groups is 2. The molecule has 2 heterocycles. The molecule has 116 valence electrons. The number of hydrogen-bond acceptors (Lipinski definition) is 4. The van der Waals surface area contributed by atoms with Gasteiger partial charge in [0.15, 0.2) is 5.16 Å². The molecule has 0 saturated heterocycles. The molecule has 1 aromatic heterocycles. The summed E-state index contributed by atoms with van der Waals surface area (Å²) < 4.78 is 1.77. The van der Waals surface area contributed by atoms with Crippen LogP contribution in [0.2, 0.25) is 0 Å². The van der Waals surface area contributed by atoms with Crippen LogP contribution in [0.15, 0.2) is 39.1 Å². The maximum atomic E-state index is 13.0. The third-order valence-electron chi connectivity index (χ3n) is 3.51. The first-order chi connectivity index (χ1) is 10.5. The minimum atomic E-state index is 0.0753. The van der Waals surface area contributed by atoms with Crippen molar-refractivity contribution >= 4 is 23.5 Å². The van der Waals surface area contributed by atoms with E-state index in [1.54, 1.807) is 28.1 Å². The lowest BCUT2D eigenvalue weighted by Crippen LogP contribution is -2.24. The minimum absolute atomic E-state index is 0.0753. The van der Waals surface area contributed by atoms with E-state index in [1.165, 1.54) is 5.56 Å². The van der Waals surface area contributed by atoms with E-state index in [9.17, 15) is 4.79 Å². The van der Waals surface area contributed by atoms with Crippen molar-refractivity contribution in [3.05, 3.63) is 45.9 Å². The largest absolute Gasteiger partial charge is 0.272 e. The van der Waals surface area contributed by atoms with Crippen LogP contribution in [-0.4, -0.2) is 20.1 Å². The van der Waals surface area contributed by atoms with Gasteiger partial charge in [0.25, 0.3) is 5.56 Å². The predicted octanol–water partition coefficient (Wildman–Crippen LogP) is 4.08.